The molecule has 0 aromatic heterocycles. The van der Waals surface area contributed by atoms with Crippen molar-refractivity contribution < 1.29 is 4.74 Å². The molecule has 0 bridgehead atoms. The molecule has 1 atom stereocenters. The summed E-state index contributed by atoms with van der Waals surface area (Å²) in [5.41, 5.74) is 1.16. The summed E-state index contributed by atoms with van der Waals surface area (Å²) >= 11 is 0. The number of allylic oxidation sites excluding steroid dienone is 2. The minimum atomic E-state index is 0.326. The summed E-state index contributed by atoms with van der Waals surface area (Å²) in [6.07, 6.45) is 7.38. The van der Waals surface area contributed by atoms with E-state index in [1.54, 1.807) is 7.11 Å². The number of ether oxygens (including phenoxy) is 1. The third-order valence-corrected chi connectivity index (χ3v) is 1.98. The van der Waals surface area contributed by atoms with Gasteiger partial charge >= 0.3 is 0 Å². The molecule has 0 saturated heterocycles. The van der Waals surface area contributed by atoms with Crippen LogP contribution in [-0.4, -0.2) is 19.4 Å². The Balaban J connectivity index is 3.80. The normalized spacial score (nSPS) is 15.2. The second-order valence-corrected chi connectivity index (χ2v) is 3.08. The fourth-order valence-corrected chi connectivity index (χ4v) is 0.961. The van der Waals surface area contributed by atoms with E-state index in [1.165, 1.54) is 0 Å². The van der Waals surface area contributed by atoms with Gasteiger partial charge in [0.05, 0.1) is 6.10 Å². The van der Waals surface area contributed by atoms with Gasteiger partial charge in [-0.3, -0.25) is 4.99 Å². The number of hydrogen-bond donors (Lipinski definition) is 0. The third-order valence-electron chi connectivity index (χ3n) is 1.98. The largest absolute Gasteiger partial charge is 0.382 e. The molecule has 0 amide bonds. The lowest BCUT2D eigenvalue weighted by atomic mass is 10.2. The molecule has 0 aliphatic heterocycles. The molecule has 0 aliphatic rings. The zero-order chi connectivity index (χ0) is 10.1. The van der Waals surface area contributed by atoms with Crippen LogP contribution in [0.15, 0.2) is 16.8 Å². The van der Waals surface area contributed by atoms with Crippen molar-refractivity contribution in [3.8, 4) is 0 Å². The molecule has 0 fully saturated rings. The molecule has 0 heterocycles. The second kappa shape index (κ2) is 7.99. The van der Waals surface area contributed by atoms with E-state index in [0.29, 0.717) is 6.10 Å². The van der Waals surface area contributed by atoms with Gasteiger partial charge in [0.25, 0.3) is 0 Å². The molecule has 0 aliphatic carbocycles. The van der Waals surface area contributed by atoms with E-state index in [4.69, 9.17) is 4.74 Å². The minimum Gasteiger partial charge on any atom is -0.382 e. The van der Waals surface area contributed by atoms with Crippen molar-refractivity contribution in [2.24, 2.45) is 4.99 Å². The van der Waals surface area contributed by atoms with E-state index < -0.39 is 0 Å². The average Bonchev–Trinajstić information content (AvgIpc) is 2.17. The van der Waals surface area contributed by atoms with E-state index in [0.717, 1.165) is 25.0 Å². The summed E-state index contributed by atoms with van der Waals surface area (Å²) < 4.78 is 5.17. The molecule has 2 heteroatoms. The first-order valence-electron chi connectivity index (χ1n) is 4.95. The van der Waals surface area contributed by atoms with Crippen LogP contribution in [0.4, 0.5) is 0 Å². The first kappa shape index (κ1) is 12.4. The molecule has 0 radical (unpaired) electrons. The molecule has 2 nitrogen and oxygen atoms in total. The van der Waals surface area contributed by atoms with Crippen LogP contribution in [0.2, 0.25) is 0 Å². The van der Waals surface area contributed by atoms with Gasteiger partial charge in [-0.2, -0.15) is 0 Å². The molecule has 0 unspecified atom stereocenters. The maximum Gasteiger partial charge on any atom is 0.0547 e. The van der Waals surface area contributed by atoms with Gasteiger partial charge in [-0.05, 0) is 33.1 Å². The second-order valence-electron chi connectivity index (χ2n) is 3.08. The van der Waals surface area contributed by atoms with Crippen LogP contribution >= 0.6 is 0 Å². The molecule has 0 aromatic carbocycles. The van der Waals surface area contributed by atoms with Crippen molar-refractivity contribution in [3.63, 3.8) is 0 Å². The van der Waals surface area contributed by atoms with Gasteiger partial charge in [0, 0.05) is 19.0 Å². The molecular formula is C11H21NO. The number of rotatable bonds is 6. The smallest absolute Gasteiger partial charge is 0.0547 e. The van der Waals surface area contributed by atoms with Crippen LogP contribution in [0.1, 0.15) is 40.0 Å². The van der Waals surface area contributed by atoms with Crippen LogP contribution in [-0.2, 0) is 4.74 Å². The Morgan fingerprint density at radius 2 is 2.23 bits per heavy atom. The summed E-state index contributed by atoms with van der Waals surface area (Å²) in [7, 11) is 1.75. The van der Waals surface area contributed by atoms with E-state index in [9.17, 15) is 0 Å². The molecular weight excluding hydrogens is 162 g/mol. The van der Waals surface area contributed by atoms with Gasteiger partial charge in [-0.1, -0.05) is 13.0 Å². The lowest BCUT2D eigenvalue weighted by Gasteiger charge is -2.08. The lowest BCUT2D eigenvalue weighted by molar-refractivity contribution is 0.111. The highest BCUT2D eigenvalue weighted by atomic mass is 16.5. The Labute approximate surface area is 81.7 Å². The first-order chi connectivity index (χ1) is 6.24. The molecule has 0 rings (SSSR count). The Kier molecular flexibility index (Phi) is 7.60. The van der Waals surface area contributed by atoms with Crippen LogP contribution < -0.4 is 0 Å². The quantitative estimate of drug-likeness (QED) is 0.579. The van der Waals surface area contributed by atoms with Gasteiger partial charge in [0.15, 0.2) is 0 Å². The monoisotopic (exact) mass is 183 g/mol. The summed E-state index contributed by atoms with van der Waals surface area (Å²) in [5.74, 6) is 0. The van der Waals surface area contributed by atoms with E-state index >= 15 is 0 Å². The van der Waals surface area contributed by atoms with Crippen molar-refractivity contribution in [2.45, 2.75) is 46.1 Å². The van der Waals surface area contributed by atoms with E-state index in [1.807, 2.05) is 13.1 Å². The fourth-order valence-electron chi connectivity index (χ4n) is 0.961. The third kappa shape index (κ3) is 6.52. The highest BCUT2D eigenvalue weighted by Crippen LogP contribution is 2.10. The SMILES string of the molecule is C/C=C(/CC[C@H](C)OC)N=CCC. The van der Waals surface area contributed by atoms with Gasteiger partial charge in [-0.15, -0.1) is 0 Å². The number of aliphatic imine (C=N–C) groups is 1. The van der Waals surface area contributed by atoms with Gasteiger partial charge in [0.2, 0.25) is 0 Å². The Morgan fingerprint density at radius 1 is 1.54 bits per heavy atom. The fraction of sp³-hybridized carbons (Fsp3) is 0.727. The summed E-state index contributed by atoms with van der Waals surface area (Å²) in [6, 6.07) is 0. The van der Waals surface area contributed by atoms with Crippen molar-refractivity contribution in [2.75, 3.05) is 7.11 Å². The maximum atomic E-state index is 5.17. The predicted molar refractivity (Wildman–Crippen MR) is 58.2 cm³/mol. The van der Waals surface area contributed by atoms with Crippen LogP contribution in [0.3, 0.4) is 0 Å². The topological polar surface area (TPSA) is 21.6 Å². The Hall–Kier alpha value is -0.630. The highest BCUT2D eigenvalue weighted by Gasteiger charge is 2.00. The number of methoxy groups -OCH3 is 1. The van der Waals surface area contributed by atoms with Gasteiger partial charge in [0.1, 0.15) is 0 Å². The number of hydrogen-bond acceptors (Lipinski definition) is 2. The molecule has 0 saturated carbocycles. The summed E-state index contributed by atoms with van der Waals surface area (Å²) in [5, 5.41) is 0. The molecule has 0 aromatic rings. The van der Waals surface area contributed by atoms with Crippen molar-refractivity contribution >= 4 is 6.21 Å². The molecule has 0 spiro atoms. The number of nitrogens with zero attached hydrogens (tertiary/aromatic N) is 1. The minimum absolute atomic E-state index is 0.326. The zero-order valence-corrected chi connectivity index (χ0v) is 9.21. The molecule has 13 heavy (non-hydrogen) atoms. The zero-order valence-electron chi connectivity index (χ0n) is 9.21. The van der Waals surface area contributed by atoms with Crippen molar-refractivity contribution in [1.82, 2.24) is 0 Å². The first-order valence-corrected chi connectivity index (χ1v) is 4.95. The van der Waals surface area contributed by atoms with E-state index in [-0.39, 0.29) is 0 Å². The van der Waals surface area contributed by atoms with Crippen molar-refractivity contribution in [1.29, 1.82) is 0 Å². The van der Waals surface area contributed by atoms with Gasteiger partial charge in [-0.25, -0.2) is 0 Å². The maximum absolute atomic E-state index is 5.17. The highest BCUT2D eigenvalue weighted by molar-refractivity contribution is 5.58. The Bertz CT molecular complexity index is 173. The predicted octanol–water partition coefficient (Wildman–Crippen LogP) is 3.19. The van der Waals surface area contributed by atoms with Crippen molar-refractivity contribution in [3.05, 3.63) is 11.8 Å². The Morgan fingerprint density at radius 3 is 2.69 bits per heavy atom. The van der Waals surface area contributed by atoms with Crippen LogP contribution in [0.5, 0.6) is 0 Å². The standard InChI is InChI=1S/C11H21NO/c1-5-9-12-11(6-2)8-7-10(3)13-4/h6,9-10H,5,7-8H2,1-4H3/b11-6-,12-9?/t10-/m0/s1. The summed E-state index contributed by atoms with van der Waals surface area (Å²) in [4.78, 5) is 4.35. The molecule has 76 valence electrons. The van der Waals surface area contributed by atoms with Gasteiger partial charge < -0.3 is 4.74 Å². The lowest BCUT2D eigenvalue weighted by Crippen LogP contribution is -2.04. The molecule has 0 N–H and O–H groups in total. The van der Waals surface area contributed by atoms with Crippen LogP contribution in [0.25, 0.3) is 0 Å². The van der Waals surface area contributed by atoms with E-state index in [2.05, 4.69) is 24.9 Å². The average molecular weight is 183 g/mol. The van der Waals surface area contributed by atoms with Crippen LogP contribution in [0, 0.1) is 0 Å². The summed E-state index contributed by atoms with van der Waals surface area (Å²) in [6.45, 7) is 6.20.